The molecule has 0 aromatic carbocycles. The molecule has 8 heavy (non-hydrogen) atoms. The number of nitrogens with zero attached hydrogens (tertiary/aromatic N) is 1. The Morgan fingerprint density at radius 2 is 2.62 bits per heavy atom. The number of rotatable bonds is 0. The van der Waals surface area contributed by atoms with Gasteiger partial charge in [-0.05, 0) is 22.0 Å². The van der Waals surface area contributed by atoms with E-state index < -0.39 is 11.8 Å². The van der Waals surface area contributed by atoms with Crippen LogP contribution >= 0.6 is 15.9 Å². The fraction of sp³-hybridized carbons (Fsp3) is 0. The Morgan fingerprint density at radius 1 is 1.88 bits per heavy atom. The molecule has 0 aliphatic rings. The van der Waals surface area contributed by atoms with Crippen molar-refractivity contribution in [3.05, 3.63) is 22.9 Å². The number of hydrogen-bond donors (Lipinski definition) is 1. The van der Waals surface area contributed by atoms with E-state index in [9.17, 15) is 0 Å². The molecule has 0 unspecified atom stereocenters. The lowest BCUT2D eigenvalue weighted by molar-refractivity contribution is 0.474. The first-order chi connectivity index (χ1) is 5.04. The molecule has 1 heterocycles. The normalized spacial score (nSPS) is 14.4. The van der Waals surface area contributed by atoms with E-state index in [4.69, 9.17) is 9.22 Å². The Balaban J connectivity index is 3.46. The number of halogens is 1. The fourth-order valence-electron chi connectivity index (χ4n) is 0.287. The topological polar surface area (TPSA) is 33.1 Å². The van der Waals surface area contributed by atoms with Crippen LogP contribution in [0.1, 0.15) is 4.11 Å². The zero-order valence-corrected chi connectivity index (χ0v) is 5.36. The molecular formula is C5H4BrNO. The molecule has 1 rings (SSSR count). The molecule has 1 aromatic heterocycles. The third kappa shape index (κ3) is 1.20. The highest BCUT2D eigenvalue weighted by molar-refractivity contribution is 9.10. The number of aromatic nitrogens is 1. The van der Waals surface area contributed by atoms with E-state index in [1.165, 1.54) is 0 Å². The van der Waals surface area contributed by atoms with Crippen molar-refractivity contribution in [2.75, 3.05) is 0 Å². The summed E-state index contributed by atoms with van der Waals surface area (Å²) in [5, 5.41) is 9.00. The number of pyridine rings is 1. The van der Waals surface area contributed by atoms with Crippen molar-refractivity contribution >= 4 is 15.9 Å². The lowest BCUT2D eigenvalue weighted by Crippen LogP contribution is -1.69. The second-order valence-electron chi connectivity index (χ2n) is 1.11. The summed E-state index contributed by atoms with van der Waals surface area (Å²) in [5.41, 5.74) is 0. The van der Waals surface area contributed by atoms with E-state index in [1.54, 1.807) is 0 Å². The van der Waals surface area contributed by atoms with E-state index in [-0.39, 0.29) is 16.8 Å². The van der Waals surface area contributed by atoms with Crippen molar-refractivity contribution in [3.8, 4) is 5.75 Å². The molecule has 0 bridgehead atoms. The summed E-state index contributed by atoms with van der Waals surface area (Å²) >= 11 is 2.87. The van der Waals surface area contributed by atoms with E-state index in [2.05, 4.69) is 20.9 Å². The Hall–Kier alpha value is -0.570. The van der Waals surface area contributed by atoms with E-state index in [1.807, 2.05) is 0 Å². The van der Waals surface area contributed by atoms with Crippen LogP contribution in [-0.2, 0) is 0 Å². The Kier molecular flexibility index (Phi) is 0.753. The van der Waals surface area contributed by atoms with Crippen LogP contribution < -0.4 is 0 Å². The molecule has 0 saturated carbocycles. The fourth-order valence-corrected chi connectivity index (χ4v) is 0.563. The van der Waals surface area contributed by atoms with Gasteiger partial charge >= 0.3 is 0 Å². The van der Waals surface area contributed by atoms with Crippen molar-refractivity contribution in [1.29, 1.82) is 0 Å². The first-order valence-corrected chi connectivity index (χ1v) is 2.65. The van der Waals surface area contributed by atoms with Crippen LogP contribution in [0.4, 0.5) is 0 Å². The maximum atomic E-state index is 9.00. The van der Waals surface area contributed by atoms with Crippen LogP contribution in [0.15, 0.2) is 22.9 Å². The van der Waals surface area contributed by atoms with Crippen LogP contribution in [0.3, 0.4) is 0 Å². The molecule has 1 N–H and O–H groups in total. The van der Waals surface area contributed by atoms with Gasteiger partial charge in [-0.25, -0.2) is 4.98 Å². The van der Waals surface area contributed by atoms with Crippen LogP contribution in [0.2, 0.25) is 0 Å². The average Bonchev–Trinajstić information content (AvgIpc) is 1.97. The van der Waals surface area contributed by atoms with Crippen molar-refractivity contribution in [2.45, 2.75) is 0 Å². The molecule has 0 atom stereocenters. The van der Waals surface area contributed by atoms with Crippen LogP contribution in [0.5, 0.6) is 5.75 Å². The number of aromatic hydroxyl groups is 1. The quantitative estimate of drug-likeness (QED) is 0.609. The lowest BCUT2D eigenvalue weighted by atomic mass is 10.5. The molecule has 0 aliphatic heterocycles. The van der Waals surface area contributed by atoms with Crippen LogP contribution in [-0.4, -0.2) is 10.1 Å². The summed E-state index contributed by atoms with van der Waals surface area (Å²) in [6.45, 7) is 0. The van der Waals surface area contributed by atoms with Gasteiger partial charge in [0.05, 0.1) is 4.11 Å². The minimum atomic E-state index is -0.517. The standard InChI is InChI=1S/C5H4BrNO/c6-5-3-4(8)1-2-7-5/h1-3H,(H,7,8)/i1D,2D,3D. The molecule has 1 aromatic rings. The second kappa shape index (κ2) is 2.13. The van der Waals surface area contributed by atoms with E-state index >= 15 is 0 Å². The van der Waals surface area contributed by atoms with Gasteiger partial charge in [0.2, 0.25) is 0 Å². The van der Waals surface area contributed by atoms with Crippen molar-refractivity contribution in [2.24, 2.45) is 0 Å². The second-order valence-corrected chi connectivity index (χ2v) is 1.86. The summed E-state index contributed by atoms with van der Waals surface area (Å²) in [5.74, 6) is -0.517. The van der Waals surface area contributed by atoms with Gasteiger partial charge < -0.3 is 5.11 Å². The smallest absolute Gasteiger partial charge is 0.119 e. The largest absolute Gasteiger partial charge is 0.508 e. The lowest BCUT2D eigenvalue weighted by Gasteiger charge is -1.87. The minimum Gasteiger partial charge on any atom is -0.508 e. The zero-order chi connectivity index (χ0) is 8.59. The van der Waals surface area contributed by atoms with Gasteiger partial charge in [0.15, 0.2) is 0 Å². The molecule has 0 fully saturated rings. The third-order valence-corrected chi connectivity index (χ3v) is 0.925. The molecule has 0 spiro atoms. The Bertz CT molecular complexity index is 278. The Labute approximate surface area is 59.5 Å². The zero-order valence-electron chi connectivity index (χ0n) is 6.77. The molecule has 0 aliphatic carbocycles. The van der Waals surface area contributed by atoms with Gasteiger partial charge in [-0.3, -0.25) is 0 Å². The predicted octanol–water partition coefficient (Wildman–Crippen LogP) is 1.55. The van der Waals surface area contributed by atoms with Crippen molar-refractivity contribution in [1.82, 2.24) is 4.98 Å². The number of hydrogen-bond acceptors (Lipinski definition) is 2. The van der Waals surface area contributed by atoms with Gasteiger partial charge in [-0.15, -0.1) is 0 Å². The average molecular weight is 177 g/mol. The highest BCUT2D eigenvalue weighted by Gasteiger charge is 1.86. The summed E-state index contributed by atoms with van der Waals surface area (Å²) < 4.78 is 21.3. The molecule has 42 valence electrons. The molecule has 2 nitrogen and oxygen atoms in total. The highest BCUT2D eigenvalue weighted by atomic mass is 79.9. The minimum absolute atomic E-state index is 0.0796. The maximum absolute atomic E-state index is 9.00. The first kappa shape index (κ1) is 2.82. The maximum Gasteiger partial charge on any atom is 0.119 e. The van der Waals surface area contributed by atoms with Gasteiger partial charge in [0, 0.05) is 12.2 Å². The molecule has 0 amide bonds. The monoisotopic (exact) mass is 176 g/mol. The first-order valence-electron chi connectivity index (χ1n) is 3.36. The Morgan fingerprint density at radius 3 is 3.38 bits per heavy atom. The van der Waals surface area contributed by atoms with Crippen LogP contribution in [0, 0.1) is 0 Å². The SMILES string of the molecule is [2H]c1nc(Br)c([2H])c(O)c1[2H]. The third-order valence-electron chi connectivity index (χ3n) is 0.550. The summed E-state index contributed by atoms with van der Waals surface area (Å²) in [6, 6.07) is -0.677. The molecule has 0 saturated heterocycles. The summed E-state index contributed by atoms with van der Waals surface area (Å²) in [6.07, 6.45) is -0.342. The molecular weight excluding hydrogens is 170 g/mol. The van der Waals surface area contributed by atoms with Crippen molar-refractivity contribution in [3.63, 3.8) is 0 Å². The van der Waals surface area contributed by atoms with Crippen molar-refractivity contribution < 1.29 is 9.22 Å². The highest BCUT2D eigenvalue weighted by Crippen LogP contribution is 2.11. The van der Waals surface area contributed by atoms with Gasteiger partial charge in [0.25, 0.3) is 0 Å². The van der Waals surface area contributed by atoms with E-state index in [0.29, 0.717) is 0 Å². The summed E-state index contributed by atoms with van der Waals surface area (Å²) in [7, 11) is 0. The molecule has 0 radical (unpaired) electrons. The van der Waals surface area contributed by atoms with E-state index in [0.717, 1.165) is 0 Å². The van der Waals surface area contributed by atoms with Gasteiger partial charge in [-0.2, -0.15) is 0 Å². The van der Waals surface area contributed by atoms with Gasteiger partial charge in [0.1, 0.15) is 10.4 Å². The summed E-state index contributed by atoms with van der Waals surface area (Å²) in [4.78, 5) is 3.48. The van der Waals surface area contributed by atoms with Gasteiger partial charge in [-0.1, -0.05) is 0 Å². The molecule has 3 heteroatoms. The predicted molar refractivity (Wildman–Crippen MR) is 33.6 cm³/mol. The van der Waals surface area contributed by atoms with Crippen LogP contribution in [0.25, 0.3) is 0 Å².